The van der Waals surface area contributed by atoms with Crippen LogP contribution in [0.25, 0.3) is 0 Å². The summed E-state index contributed by atoms with van der Waals surface area (Å²) in [5.74, 6) is 0.933. The first-order valence-electron chi connectivity index (χ1n) is 10.3. The highest BCUT2D eigenvalue weighted by Crippen LogP contribution is 2.14. The molecule has 0 aliphatic carbocycles. The zero-order valence-electron chi connectivity index (χ0n) is 15.5. The fourth-order valence-electron chi connectivity index (χ4n) is 3.14. The van der Waals surface area contributed by atoms with Crippen molar-refractivity contribution in [2.45, 2.75) is 110 Å². The molecule has 1 aliphatic rings. The smallest absolute Gasteiger partial charge is 0.188 e. The Balaban J connectivity index is 1.70. The van der Waals surface area contributed by atoms with Crippen molar-refractivity contribution in [2.24, 2.45) is 4.99 Å². The minimum atomic E-state index is 0.706. The molecular weight excluding hydrogens is 282 g/mol. The van der Waals surface area contributed by atoms with Gasteiger partial charge in [-0.2, -0.15) is 0 Å². The Morgan fingerprint density at radius 1 is 0.739 bits per heavy atom. The Labute approximate surface area is 144 Å². The molecule has 0 aromatic carbocycles. The molecule has 0 saturated carbocycles. The third kappa shape index (κ3) is 13.4. The van der Waals surface area contributed by atoms with Crippen molar-refractivity contribution >= 4 is 5.90 Å². The molecule has 0 bridgehead atoms. The van der Waals surface area contributed by atoms with Gasteiger partial charge in [0.05, 0.1) is 0 Å². The number of hydrogen-bond acceptors (Lipinski definition) is 2. The largest absolute Gasteiger partial charge is 0.476 e. The van der Waals surface area contributed by atoms with Gasteiger partial charge in [-0.3, -0.25) is 0 Å². The number of nitrogens with zero attached hydrogens (tertiary/aromatic N) is 1. The Morgan fingerprint density at radius 2 is 1.22 bits per heavy atom. The second-order valence-electron chi connectivity index (χ2n) is 6.92. The van der Waals surface area contributed by atoms with Crippen molar-refractivity contribution in [3.05, 3.63) is 12.3 Å². The van der Waals surface area contributed by atoms with Crippen molar-refractivity contribution in [2.75, 3.05) is 6.61 Å². The summed E-state index contributed by atoms with van der Waals surface area (Å²) in [5, 5.41) is 0. The number of hydrogen-bond donors (Lipinski definition) is 0. The standard InChI is InChI=1S/C21H39NO/c1-2-3-4-5-6-7-8-9-10-11-12-13-14-15-16-18-21-22-19-17-20-23-21/h17,19H,2-16,18,20H2,1H3. The maximum atomic E-state index is 5.46. The van der Waals surface area contributed by atoms with Crippen LogP contribution >= 0.6 is 0 Å². The van der Waals surface area contributed by atoms with Crippen LogP contribution in [0.5, 0.6) is 0 Å². The Hall–Kier alpha value is -0.790. The van der Waals surface area contributed by atoms with E-state index in [2.05, 4.69) is 11.9 Å². The monoisotopic (exact) mass is 321 g/mol. The summed E-state index contributed by atoms with van der Waals surface area (Å²) >= 11 is 0. The predicted octanol–water partition coefficient (Wildman–Crippen LogP) is 7.19. The molecule has 0 unspecified atom stereocenters. The minimum Gasteiger partial charge on any atom is -0.476 e. The van der Waals surface area contributed by atoms with E-state index >= 15 is 0 Å². The van der Waals surface area contributed by atoms with Gasteiger partial charge in [0.2, 0.25) is 0 Å². The van der Waals surface area contributed by atoms with E-state index in [1.165, 1.54) is 96.3 Å². The highest BCUT2D eigenvalue weighted by molar-refractivity contribution is 5.77. The molecule has 2 heteroatoms. The zero-order chi connectivity index (χ0) is 16.4. The lowest BCUT2D eigenvalue weighted by atomic mass is 10.0. The number of aliphatic imine (C=N–C) groups is 1. The van der Waals surface area contributed by atoms with Gasteiger partial charge in [0.25, 0.3) is 0 Å². The maximum Gasteiger partial charge on any atom is 0.188 e. The molecule has 0 atom stereocenters. The van der Waals surface area contributed by atoms with Crippen LogP contribution in [0.2, 0.25) is 0 Å². The molecule has 1 aliphatic heterocycles. The van der Waals surface area contributed by atoms with E-state index in [9.17, 15) is 0 Å². The fraction of sp³-hybridized carbons (Fsp3) is 0.857. The molecule has 0 spiro atoms. The Morgan fingerprint density at radius 3 is 1.65 bits per heavy atom. The van der Waals surface area contributed by atoms with Gasteiger partial charge in [-0.15, -0.1) is 0 Å². The lowest BCUT2D eigenvalue weighted by Crippen LogP contribution is -2.07. The predicted molar refractivity (Wildman–Crippen MR) is 102 cm³/mol. The molecule has 1 heterocycles. The first kappa shape index (κ1) is 20.3. The lowest BCUT2D eigenvalue weighted by molar-refractivity contribution is 0.331. The molecule has 0 N–H and O–H groups in total. The van der Waals surface area contributed by atoms with E-state index in [-0.39, 0.29) is 0 Å². The van der Waals surface area contributed by atoms with E-state index in [1.807, 2.05) is 12.3 Å². The van der Waals surface area contributed by atoms with Crippen molar-refractivity contribution in [1.82, 2.24) is 0 Å². The van der Waals surface area contributed by atoms with E-state index in [1.54, 1.807) is 0 Å². The molecule has 0 amide bonds. The second kappa shape index (κ2) is 16.1. The summed E-state index contributed by atoms with van der Waals surface area (Å²) in [6, 6.07) is 0. The fourth-order valence-corrected chi connectivity index (χ4v) is 3.14. The van der Waals surface area contributed by atoms with Crippen LogP contribution in [-0.2, 0) is 4.74 Å². The summed E-state index contributed by atoms with van der Waals surface area (Å²) in [5.41, 5.74) is 0. The molecule has 1 rings (SSSR count). The van der Waals surface area contributed by atoms with E-state index in [4.69, 9.17) is 4.74 Å². The third-order valence-electron chi connectivity index (χ3n) is 4.66. The lowest BCUT2D eigenvalue weighted by Gasteiger charge is -2.09. The molecule has 23 heavy (non-hydrogen) atoms. The van der Waals surface area contributed by atoms with Crippen LogP contribution in [0.1, 0.15) is 110 Å². The maximum absolute atomic E-state index is 5.46. The summed E-state index contributed by atoms with van der Waals surface area (Å²) in [4.78, 5) is 4.25. The normalized spacial score (nSPS) is 13.9. The molecule has 2 nitrogen and oxygen atoms in total. The number of ether oxygens (including phenoxy) is 1. The number of unbranched alkanes of at least 4 members (excludes halogenated alkanes) is 14. The molecule has 0 radical (unpaired) electrons. The molecule has 0 aromatic heterocycles. The molecular formula is C21H39NO. The van der Waals surface area contributed by atoms with Crippen molar-refractivity contribution in [1.29, 1.82) is 0 Å². The average Bonchev–Trinajstić information content (AvgIpc) is 2.59. The minimum absolute atomic E-state index is 0.706. The molecule has 0 saturated heterocycles. The van der Waals surface area contributed by atoms with Crippen LogP contribution in [0.3, 0.4) is 0 Å². The quantitative estimate of drug-likeness (QED) is 0.276. The summed E-state index contributed by atoms with van der Waals surface area (Å²) in [6.45, 7) is 3.00. The summed E-state index contributed by atoms with van der Waals surface area (Å²) < 4.78 is 5.46. The van der Waals surface area contributed by atoms with E-state index in [0.717, 1.165) is 12.3 Å². The van der Waals surface area contributed by atoms with Crippen molar-refractivity contribution in [3.8, 4) is 0 Å². The van der Waals surface area contributed by atoms with Crippen LogP contribution in [0.15, 0.2) is 17.3 Å². The first-order valence-corrected chi connectivity index (χ1v) is 10.3. The van der Waals surface area contributed by atoms with Crippen LogP contribution < -0.4 is 0 Å². The van der Waals surface area contributed by atoms with Crippen LogP contribution in [0, 0.1) is 0 Å². The summed E-state index contributed by atoms with van der Waals surface area (Å²) in [7, 11) is 0. The zero-order valence-corrected chi connectivity index (χ0v) is 15.5. The van der Waals surface area contributed by atoms with Gasteiger partial charge in [-0.05, 0) is 12.5 Å². The van der Waals surface area contributed by atoms with Gasteiger partial charge in [-0.1, -0.05) is 96.8 Å². The first-order chi connectivity index (χ1) is 11.4. The van der Waals surface area contributed by atoms with Gasteiger partial charge < -0.3 is 4.74 Å². The number of rotatable bonds is 16. The van der Waals surface area contributed by atoms with Gasteiger partial charge in [0.15, 0.2) is 5.90 Å². The van der Waals surface area contributed by atoms with Crippen LogP contribution in [0.4, 0.5) is 0 Å². The van der Waals surface area contributed by atoms with Crippen molar-refractivity contribution < 1.29 is 4.74 Å². The van der Waals surface area contributed by atoms with Gasteiger partial charge >= 0.3 is 0 Å². The topological polar surface area (TPSA) is 21.6 Å². The van der Waals surface area contributed by atoms with Gasteiger partial charge in [-0.25, -0.2) is 4.99 Å². The van der Waals surface area contributed by atoms with Crippen LogP contribution in [-0.4, -0.2) is 12.5 Å². The van der Waals surface area contributed by atoms with Gasteiger partial charge in [0.1, 0.15) is 6.61 Å². The Kier molecular flexibility index (Phi) is 14.2. The third-order valence-corrected chi connectivity index (χ3v) is 4.66. The summed E-state index contributed by atoms with van der Waals surface area (Å²) in [6.07, 6.45) is 26.0. The highest BCUT2D eigenvalue weighted by Gasteiger charge is 2.01. The van der Waals surface area contributed by atoms with Crippen molar-refractivity contribution in [3.63, 3.8) is 0 Å². The molecule has 0 aromatic rings. The van der Waals surface area contributed by atoms with E-state index < -0.39 is 0 Å². The SMILES string of the molecule is CCCCCCCCCCCCCCCCCC1=NC=CCO1. The average molecular weight is 322 g/mol. The Bertz CT molecular complexity index is 309. The molecule has 134 valence electrons. The van der Waals surface area contributed by atoms with E-state index in [0.29, 0.717) is 6.61 Å². The molecule has 0 fully saturated rings. The van der Waals surface area contributed by atoms with Gasteiger partial charge in [0, 0.05) is 12.6 Å². The highest BCUT2D eigenvalue weighted by atomic mass is 16.5. The second-order valence-corrected chi connectivity index (χ2v) is 6.92.